The lowest BCUT2D eigenvalue weighted by molar-refractivity contribution is 0.383. The highest BCUT2D eigenvalue weighted by Crippen LogP contribution is 2.54. The molecule has 1 aliphatic rings. The Morgan fingerprint density at radius 2 is 2.19 bits per heavy atom. The molecule has 0 unspecified atom stereocenters. The van der Waals surface area contributed by atoms with Crippen molar-refractivity contribution in [1.82, 2.24) is 14.6 Å². The molecule has 0 bridgehead atoms. The number of aromatic nitrogens is 3. The van der Waals surface area contributed by atoms with E-state index in [9.17, 15) is 0 Å². The molecule has 1 saturated carbocycles. The quantitative estimate of drug-likeness (QED) is 0.827. The van der Waals surface area contributed by atoms with Gasteiger partial charge in [-0.25, -0.2) is 9.50 Å². The Bertz CT molecular complexity index is 498. The minimum Gasteiger partial charge on any atom is -0.325 e. The maximum atomic E-state index is 6.26. The number of hydrogen-bond donors (Lipinski definition) is 1. The number of nitrogens with two attached hydrogens (primary N) is 1. The van der Waals surface area contributed by atoms with Gasteiger partial charge in [-0.3, -0.25) is 0 Å². The molecule has 84 valence electrons. The summed E-state index contributed by atoms with van der Waals surface area (Å²) in [6.07, 6.45) is 5.96. The van der Waals surface area contributed by atoms with E-state index in [1.807, 2.05) is 16.8 Å². The summed E-state index contributed by atoms with van der Waals surface area (Å²) in [5, 5.41) is 4.59. The topological polar surface area (TPSA) is 56.2 Å². The smallest absolute Gasteiger partial charge is 0.155 e. The molecule has 1 fully saturated rings. The van der Waals surface area contributed by atoms with Gasteiger partial charge in [0.2, 0.25) is 0 Å². The van der Waals surface area contributed by atoms with Crippen LogP contribution in [0.1, 0.15) is 32.4 Å². The standard InChI is InChI=1S/C12H16N4/c1-11(2,13)12(4-5-12)9-8-10-14-6-3-7-16(10)15-9/h3,6-8H,4-5,13H2,1-2H3. The summed E-state index contributed by atoms with van der Waals surface area (Å²) in [7, 11) is 0. The molecule has 0 radical (unpaired) electrons. The third kappa shape index (κ3) is 1.19. The van der Waals surface area contributed by atoms with E-state index >= 15 is 0 Å². The number of rotatable bonds is 2. The molecule has 4 nitrogen and oxygen atoms in total. The first-order chi connectivity index (χ1) is 7.53. The van der Waals surface area contributed by atoms with E-state index in [1.54, 1.807) is 6.20 Å². The van der Waals surface area contributed by atoms with Crippen LogP contribution in [0, 0.1) is 0 Å². The fourth-order valence-electron chi connectivity index (χ4n) is 2.42. The zero-order chi connectivity index (χ0) is 11.4. The number of nitrogens with zero attached hydrogens (tertiary/aromatic N) is 3. The van der Waals surface area contributed by atoms with Gasteiger partial charge in [0.1, 0.15) is 0 Å². The summed E-state index contributed by atoms with van der Waals surface area (Å²) in [6.45, 7) is 4.16. The average molecular weight is 216 g/mol. The van der Waals surface area contributed by atoms with Crippen LogP contribution < -0.4 is 5.73 Å². The van der Waals surface area contributed by atoms with Gasteiger partial charge in [0, 0.05) is 29.4 Å². The molecule has 0 aromatic carbocycles. The molecule has 16 heavy (non-hydrogen) atoms. The predicted octanol–water partition coefficient (Wildman–Crippen LogP) is 1.50. The van der Waals surface area contributed by atoms with E-state index in [2.05, 4.69) is 30.0 Å². The van der Waals surface area contributed by atoms with E-state index in [1.165, 1.54) is 0 Å². The van der Waals surface area contributed by atoms with E-state index in [-0.39, 0.29) is 11.0 Å². The number of fused-ring (bicyclic) bond motifs is 1. The van der Waals surface area contributed by atoms with Crippen LogP contribution in [-0.2, 0) is 5.41 Å². The Balaban J connectivity index is 2.14. The zero-order valence-corrected chi connectivity index (χ0v) is 9.64. The second-order valence-electron chi connectivity index (χ2n) is 5.26. The van der Waals surface area contributed by atoms with Crippen molar-refractivity contribution >= 4 is 5.65 Å². The lowest BCUT2D eigenvalue weighted by atomic mass is 9.82. The molecule has 0 spiro atoms. The molecular formula is C12H16N4. The molecule has 2 heterocycles. The lowest BCUT2D eigenvalue weighted by Gasteiger charge is -2.28. The van der Waals surface area contributed by atoms with Crippen molar-refractivity contribution in [1.29, 1.82) is 0 Å². The Labute approximate surface area is 94.5 Å². The van der Waals surface area contributed by atoms with Gasteiger partial charge in [-0.2, -0.15) is 5.10 Å². The summed E-state index contributed by atoms with van der Waals surface area (Å²) >= 11 is 0. The largest absolute Gasteiger partial charge is 0.325 e. The summed E-state index contributed by atoms with van der Waals surface area (Å²) in [5.41, 5.74) is 8.08. The van der Waals surface area contributed by atoms with Gasteiger partial charge in [0.25, 0.3) is 0 Å². The molecule has 4 heteroatoms. The van der Waals surface area contributed by atoms with Crippen LogP contribution in [0.25, 0.3) is 5.65 Å². The Kier molecular flexibility index (Phi) is 1.73. The highest BCUT2D eigenvalue weighted by molar-refractivity contribution is 5.44. The fraction of sp³-hybridized carbons (Fsp3) is 0.500. The van der Waals surface area contributed by atoms with Crippen molar-refractivity contribution in [3.63, 3.8) is 0 Å². The number of hydrogen-bond acceptors (Lipinski definition) is 3. The second-order valence-corrected chi connectivity index (χ2v) is 5.26. The van der Waals surface area contributed by atoms with Gasteiger partial charge in [-0.05, 0) is 32.8 Å². The zero-order valence-electron chi connectivity index (χ0n) is 9.64. The van der Waals surface area contributed by atoms with Gasteiger partial charge < -0.3 is 5.73 Å². The molecule has 3 rings (SSSR count). The van der Waals surface area contributed by atoms with Crippen LogP contribution in [0.4, 0.5) is 0 Å². The van der Waals surface area contributed by atoms with Crippen LogP contribution in [0.3, 0.4) is 0 Å². The molecule has 0 atom stereocenters. The van der Waals surface area contributed by atoms with Gasteiger partial charge in [-0.15, -0.1) is 0 Å². The first-order valence-corrected chi connectivity index (χ1v) is 5.63. The molecule has 1 aliphatic carbocycles. The van der Waals surface area contributed by atoms with E-state index < -0.39 is 0 Å². The minimum absolute atomic E-state index is 0.0562. The monoisotopic (exact) mass is 216 g/mol. The molecule has 2 aromatic heterocycles. The molecule has 0 saturated heterocycles. The molecule has 0 aliphatic heterocycles. The Morgan fingerprint density at radius 3 is 2.75 bits per heavy atom. The lowest BCUT2D eigenvalue weighted by Crippen LogP contribution is -2.45. The summed E-state index contributed by atoms with van der Waals surface area (Å²) in [4.78, 5) is 4.28. The third-order valence-electron chi connectivity index (χ3n) is 3.71. The Morgan fingerprint density at radius 1 is 1.44 bits per heavy atom. The maximum absolute atomic E-state index is 6.26. The SMILES string of the molecule is CC(C)(N)C1(c2cc3ncccn3n2)CC1. The average Bonchev–Trinajstić information content (AvgIpc) is 2.92. The van der Waals surface area contributed by atoms with Gasteiger partial charge >= 0.3 is 0 Å². The Hall–Kier alpha value is -1.42. The van der Waals surface area contributed by atoms with Crippen molar-refractivity contribution in [3.05, 3.63) is 30.2 Å². The summed E-state index contributed by atoms with van der Waals surface area (Å²) in [6, 6.07) is 3.94. The van der Waals surface area contributed by atoms with Crippen LogP contribution in [0.5, 0.6) is 0 Å². The second kappa shape index (κ2) is 2.83. The highest BCUT2D eigenvalue weighted by Gasteiger charge is 2.55. The van der Waals surface area contributed by atoms with E-state index in [0.717, 1.165) is 24.2 Å². The minimum atomic E-state index is -0.217. The first-order valence-electron chi connectivity index (χ1n) is 5.63. The van der Waals surface area contributed by atoms with Crippen LogP contribution in [0.15, 0.2) is 24.5 Å². The first kappa shape index (κ1) is 9.78. The van der Waals surface area contributed by atoms with E-state index in [0.29, 0.717) is 0 Å². The van der Waals surface area contributed by atoms with Crippen molar-refractivity contribution < 1.29 is 0 Å². The van der Waals surface area contributed by atoms with Crippen LogP contribution >= 0.6 is 0 Å². The van der Waals surface area contributed by atoms with Crippen LogP contribution in [0.2, 0.25) is 0 Å². The van der Waals surface area contributed by atoms with Gasteiger partial charge in [0.15, 0.2) is 5.65 Å². The maximum Gasteiger partial charge on any atom is 0.155 e. The van der Waals surface area contributed by atoms with Gasteiger partial charge in [0.05, 0.1) is 5.69 Å². The predicted molar refractivity (Wildman–Crippen MR) is 62.2 cm³/mol. The van der Waals surface area contributed by atoms with Crippen molar-refractivity contribution in [2.45, 2.75) is 37.6 Å². The fourth-order valence-corrected chi connectivity index (χ4v) is 2.42. The van der Waals surface area contributed by atoms with Crippen molar-refractivity contribution in [2.75, 3.05) is 0 Å². The molecule has 2 aromatic rings. The third-order valence-corrected chi connectivity index (χ3v) is 3.71. The molecular weight excluding hydrogens is 200 g/mol. The molecule has 2 N–H and O–H groups in total. The van der Waals surface area contributed by atoms with E-state index in [4.69, 9.17) is 5.73 Å². The van der Waals surface area contributed by atoms with Crippen molar-refractivity contribution in [3.8, 4) is 0 Å². The normalized spacial score (nSPS) is 18.9. The molecule has 0 amide bonds. The van der Waals surface area contributed by atoms with Crippen LogP contribution in [-0.4, -0.2) is 20.1 Å². The van der Waals surface area contributed by atoms with Gasteiger partial charge in [-0.1, -0.05) is 0 Å². The summed E-state index contributed by atoms with van der Waals surface area (Å²) < 4.78 is 1.82. The highest BCUT2D eigenvalue weighted by atomic mass is 15.3. The van der Waals surface area contributed by atoms with Crippen molar-refractivity contribution in [2.24, 2.45) is 5.73 Å². The summed E-state index contributed by atoms with van der Waals surface area (Å²) in [5.74, 6) is 0.